The summed E-state index contributed by atoms with van der Waals surface area (Å²) in [7, 11) is 1.62. The maximum Gasteiger partial charge on any atom is 0.415 e. The number of likely N-dealkylation sites (N-methyl/N-ethyl adjacent to an activating group) is 1. The lowest BCUT2D eigenvalue weighted by molar-refractivity contribution is -0.225. The monoisotopic (exact) mass is 183 g/mol. The van der Waals surface area contributed by atoms with Crippen molar-refractivity contribution in [3.63, 3.8) is 0 Å². The lowest BCUT2D eigenvalue weighted by Gasteiger charge is -2.25. The van der Waals surface area contributed by atoms with Crippen LogP contribution in [-0.2, 0) is 4.74 Å². The number of hydrogen-bond acceptors (Lipinski definition) is 2. The molecule has 1 heterocycles. The fourth-order valence-corrected chi connectivity index (χ4v) is 1.11. The zero-order valence-corrected chi connectivity index (χ0v) is 7.27. The molecule has 0 amide bonds. The third-order valence-electron chi connectivity index (χ3n) is 2.15. The van der Waals surface area contributed by atoms with Crippen molar-refractivity contribution in [2.75, 3.05) is 13.6 Å². The first kappa shape index (κ1) is 9.80. The highest BCUT2D eigenvalue weighted by Gasteiger charge is 2.50. The minimum atomic E-state index is -4.25. The van der Waals surface area contributed by atoms with E-state index in [1.807, 2.05) is 0 Å². The predicted molar refractivity (Wildman–Crippen MR) is 37.6 cm³/mol. The summed E-state index contributed by atoms with van der Waals surface area (Å²) in [6.45, 7) is 3.16. The number of halogens is 3. The molecule has 0 aromatic rings. The molecule has 0 bridgehead atoms. The second kappa shape index (κ2) is 2.60. The first-order chi connectivity index (χ1) is 5.23. The van der Waals surface area contributed by atoms with Crippen molar-refractivity contribution in [1.82, 2.24) is 4.90 Å². The molecule has 2 nitrogen and oxygen atoms in total. The van der Waals surface area contributed by atoms with Crippen LogP contribution in [0.1, 0.15) is 13.8 Å². The molecule has 1 aliphatic heterocycles. The molecule has 0 aliphatic carbocycles. The number of hydrogen-bond donors (Lipinski definition) is 0. The molecule has 0 unspecified atom stereocenters. The van der Waals surface area contributed by atoms with Gasteiger partial charge in [0.05, 0.1) is 0 Å². The van der Waals surface area contributed by atoms with Crippen LogP contribution in [-0.4, -0.2) is 36.5 Å². The minimum Gasteiger partial charge on any atom is -0.347 e. The van der Waals surface area contributed by atoms with E-state index in [2.05, 4.69) is 0 Å². The topological polar surface area (TPSA) is 12.5 Å². The second-order valence-electron chi connectivity index (χ2n) is 3.48. The maximum atomic E-state index is 12.1. The van der Waals surface area contributed by atoms with Crippen LogP contribution in [0.3, 0.4) is 0 Å². The SMILES string of the molecule is CN1C[C@@H](C(F)(F)F)OC1(C)C. The zero-order chi connectivity index (χ0) is 9.57. The van der Waals surface area contributed by atoms with E-state index in [1.165, 1.54) is 0 Å². The van der Waals surface area contributed by atoms with Crippen LogP contribution in [0.25, 0.3) is 0 Å². The molecule has 1 atom stereocenters. The first-order valence-corrected chi connectivity index (χ1v) is 3.69. The number of alkyl halides is 3. The molecule has 1 rings (SSSR count). The highest BCUT2D eigenvalue weighted by molar-refractivity contribution is 4.85. The molecular weight excluding hydrogens is 171 g/mol. The number of nitrogens with zero attached hydrogens (tertiary/aromatic N) is 1. The molecule has 12 heavy (non-hydrogen) atoms. The minimum absolute atomic E-state index is 0.0868. The van der Waals surface area contributed by atoms with Crippen molar-refractivity contribution in [3.05, 3.63) is 0 Å². The molecule has 72 valence electrons. The van der Waals surface area contributed by atoms with Gasteiger partial charge in [0.1, 0.15) is 5.72 Å². The standard InChI is InChI=1S/C7H12F3NO/c1-6(2)11(3)4-5(12-6)7(8,9)10/h5H,4H2,1-3H3/t5-/m0/s1. The quantitative estimate of drug-likeness (QED) is 0.565. The zero-order valence-electron chi connectivity index (χ0n) is 7.27. The summed E-state index contributed by atoms with van der Waals surface area (Å²) < 4.78 is 41.2. The van der Waals surface area contributed by atoms with Crippen LogP contribution >= 0.6 is 0 Å². The normalized spacial score (nSPS) is 31.0. The molecule has 5 heteroatoms. The van der Waals surface area contributed by atoms with Crippen molar-refractivity contribution >= 4 is 0 Å². The maximum absolute atomic E-state index is 12.1. The summed E-state index contributed by atoms with van der Waals surface area (Å²) in [5, 5.41) is 0. The van der Waals surface area contributed by atoms with Gasteiger partial charge in [-0.2, -0.15) is 13.2 Å². The Labute approximate surface area is 69.3 Å². The van der Waals surface area contributed by atoms with Gasteiger partial charge in [-0.05, 0) is 20.9 Å². The van der Waals surface area contributed by atoms with Gasteiger partial charge in [-0.3, -0.25) is 4.90 Å². The van der Waals surface area contributed by atoms with Crippen molar-refractivity contribution in [3.8, 4) is 0 Å². The average molecular weight is 183 g/mol. The third kappa shape index (κ3) is 1.72. The second-order valence-corrected chi connectivity index (χ2v) is 3.48. The Morgan fingerprint density at radius 3 is 2.08 bits per heavy atom. The van der Waals surface area contributed by atoms with Gasteiger partial charge in [0.15, 0.2) is 6.10 Å². The summed E-state index contributed by atoms with van der Waals surface area (Å²) in [5.41, 5.74) is -0.805. The molecule has 1 aliphatic rings. The van der Waals surface area contributed by atoms with E-state index >= 15 is 0 Å². The Bertz CT molecular complexity index is 178. The Kier molecular flexibility index (Phi) is 2.12. The van der Waals surface area contributed by atoms with E-state index in [4.69, 9.17) is 4.74 Å². The van der Waals surface area contributed by atoms with Gasteiger partial charge < -0.3 is 4.74 Å². The number of ether oxygens (including phenoxy) is 1. The molecule has 0 spiro atoms. The van der Waals surface area contributed by atoms with Gasteiger partial charge in [0.25, 0.3) is 0 Å². The molecule has 0 N–H and O–H groups in total. The van der Waals surface area contributed by atoms with Gasteiger partial charge in [-0.1, -0.05) is 0 Å². The Balaban J connectivity index is 2.67. The van der Waals surface area contributed by atoms with E-state index < -0.39 is 18.0 Å². The highest BCUT2D eigenvalue weighted by atomic mass is 19.4. The van der Waals surface area contributed by atoms with E-state index in [-0.39, 0.29) is 6.54 Å². The van der Waals surface area contributed by atoms with Crippen LogP contribution in [0.15, 0.2) is 0 Å². The summed E-state index contributed by atoms with van der Waals surface area (Å²) in [4.78, 5) is 1.55. The van der Waals surface area contributed by atoms with E-state index in [1.54, 1.807) is 25.8 Å². The van der Waals surface area contributed by atoms with Gasteiger partial charge in [-0.15, -0.1) is 0 Å². The lowest BCUT2D eigenvalue weighted by Crippen LogP contribution is -2.35. The van der Waals surface area contributed by atoms with Crippen LogP contribution in [0, 0.1) is 0 Å². The van der Waals surface area contributed by atoms with Crippen molar-refractivity contribution in [2.24, 2.45) is 0 Å². The van der Waals surface area contributed by atoms with E-state index in [0.717, 1.165) is 0 Å². The molecule has 0 radical (unpaired) electrons. The van der Waals surface area contributed by atoms with E-state index in [9.17, 15) is 13.2 Å². The van der Waals surface area contributed by atoms with Crippen LogP contribution in [0.2, 0.25) is 0 Å². The van der Waals surface area contributed by atoms with Gasteiger partial charge in [-0.25, -0.2) is 0 Å². The first-order valence-electron chi connectivity index (χ1n) is 3.69. The van der Waals surface area contributed by atoms with Crippen LogP contribution < -0.4 is 0 Å². The van der Waals surface area contributed by atoms with Crippen molar-refractivity contribution in [2.45, 2.75) is 31.9 Å². The third-order valence-corrected chi connectivity index (χ3v) is 2.15. The smallest absolute Gasteiger partial charge is 0.347 e. The summed E-state index contributed by atoms with van der Waals surface area (Å²) in [6.07, 6.45) is -5.89. The molecular formula is C7H12F3NO. The summed E-state index contributed by atoms with van der Waals surface area (Å²) in [5.74, 6) is 0. The summed E-state index contributed by atoms with van der Waals surface area (Å²) in [6, 6.07) is 0. The van der Waals surface area contributed by atoms with Crippen LogP contribution in [0.5, 0.6) is 0 Å². The number of rotatable bonds is 0. The molecule has 1 fully saturated rings. The van der Waals surface area contributed by atoms with Crippen molar-refractivity contribution < 1.29 is 17.9 Å². The Morgan fingerprint density at radius 1 is 1.42 bits per heavy atom. The van der Waals surface area contributed by atoms with Crippen LogP contribution in [0.4, 0.5) is 13.2 Å². The largest absolute Gasteiger partial charge is 0.415 e. The predicted octanol–water partition coefficient (Wildman–Crippen LogP) is 1.62. The van der Waals surface area contributed by atoms with Crippen molar-refractivity contribution in [1.29, 1.82) is 0 Å². The molecule has 0 aromatic heterocycles. The summed E-state index contributed by atoms with van der Waals surface area (Å²) >= 11 is 0. The van der Waals surface area contributed by atoms with Gasteiger partial charge in [0, 0.05) is 6.54 Å². The van der Waals surface area contributed by atoms with E-state index in [0.29, 0.717) is 0 Å². The fourth-order valence-electron chi connectivity index (χ4n) is 1.11. The molecule has 0 saturated carbocycles. The fraction of sp³-hybridized carbons (Fsp3) is 1.00. The average Bonchev–Trinajstić information content (AvgIpc) is 2.06. The Morgan fingerprint density at radius 2 is 1.92 bits per heavy atom. The lowest BCUT2D eigenvalue weighted by atomic mass is 10.3. The molecule has 1 saturated heterocycles. The van der Waals surface area contributed by atoms with Gasteiger partial charge >= 0.3 is 6.18 Å². The highest BCUT2D eigenvalue weighted by Crippen LogP contribution is 2.34. The molecule has 0 aromatic carbocycles. The van der Waals surface area contributed by atoms with Gasteiger partial charge in [0.2, 0.25) is 0 Å². The Hall–Kier alpha value is -0.290.